The average molecular weight is 180 g/mol. The first-order valence-electron chi connectivity index (χ1n) is 4.73. The third-order valence-electron chi connectivity index (χ3n) is 2.35. The van der Waals surface area contributed by atoms with Gasteiger partial charge in [0.2, 0.25) is 0 Å². The molecule has 0 aromatic carbocycles. The Hall–Kier alpha value is -1.78. The standard InChI is InChI=1S/C14H12/c1-2-12-8-6-7-10-13-9-4-3-5-11-14(12)13/h3-8,10-11H,1,9H2. The van der Waals surface area contributed by atoms with Gasteiger partial charge in [0.15, 0.2) is 0 Å². The molecule has 0 heteroatoms. The zero-order valence-corrected chi connectivity index (χ0v) is 8.03. The zero-order valence-electron chi connectivity index (χ0n) is 8.03. The summed E-state index contributed by atoms with van der Waals surface area (Å²) in [5, 5.41) is 0. The van der Waals surface area contributed by atoms with Gasteiger partial charge in [0.1, 0.15) is 0 Å². The molecule has 0 unspecified atom stereocenters. The first-order valence-corrected chi connectivity index (χ1v) is 4.73. The number of hydrogen-bond donors (Lipinski definition) is 0. The van der Waals surface area contributed by atoms with E-state index in [0.29, 0.717) is 0 Å². The molecule has 0 saturated carbocycles. The van der Waals surface area contributed by atoms with Crippen LogP contribution in [0, 0.1) is 0 Å². The van der Waals surface area contributed by atoms with Gasteiger partial charge in [0, 0.05) is 5.57 Å². The molecule has 0 amide bonds. The number of hydrogen-bond acceptors (Lipinski definition) is 0. The second-order valence-corrected chi connectivity index (χ2v) is 3.24. The normalized spacial score (nSPS) is 19.0. The monoisotopic (exact) mass is 180 g/mol. The Morgan fingerprint density at radius 1 is 1.00 bits per heavy atom. The van der Waals surface area contributed by atoms with Crippen LogP contribution in [-0.2, 0) is 0 Å². The Morgan fingerprint density at radius 2 is 1.79 bits per heavy atom. The Kier molecular flexibility index (Phi) is 2.48. The lowest BCUT2D eigenvalue weighted by atomic mass is 10.00. The highest BCUT2D eigenvalue weighted by molar-refractivity contribution is 5.55. The molecule has 0 fully saturated rings. The Morgan fingerprint density at radius 3 is 2.64 bits per heavy atom. The van der Waals surface area contributed by atoms with Gasteiger partial charge in [-0.15, -0.1) is 5.73 Å². The Labute approximate surface area is 84.6 Å². The predicted molar refractivity (Wildman–Crippen MR) is 60.9 cm³/mol. The van der Waals surface area contributed by atoms with Crippen molar-refractivity contribution in [1.82, 2.24) is 0 Å². The van der Waals surface area contributed by atoms with Crippen molar-refractivity contribution < 1.29 is 0 Å². The van der Waals surface area contributed by atoms with Crippen LogP contribution in [0.4, 0.5) is 0 Å². The maximum absolute atomic E-state index is 3.72. The average Bonchev–Trinajstić information content (AvgIpc) is 2.51. The summed E-state index contributed by atoms with van der Waals surface area (Å²) in [6.07, 6.45) is 17.7. The van der Waals surface area contributed by atoms with Crippen molar-refractivity contribution in [2.24, 2.45) is 0 Å². The quantitative estimate of drug-likeness (QED) is 0.499. The summed E-state index contributed by atoms with van der Waals surface area (Å²) in [5.74, 6) is 0. The molecule has 0 saturated heterocycles. The summed E-state index contributed by atoms with van der Waals surface area (Å²) >= 11 is 0. The van der Waals surface area contributed by atoms with Gasteiger partial charge in [-0.25, -0.2) is 0 Å². The first kappa shape index (κ1) is 8.80. The summed E-state index contributed by atoms with van der Waals surface area (Å²) in [4.78, 5) is 0. The summed E-state index contributed by atoms with van der Waals surface area (Å²) in [6, 6.07) is 0. The van der Waals surface area contributed by atoms with Crippen LogP contribution >= 0.6 is 0 Å². The van der Waals surface area contributed by atoms with Crippen molar-refractivity contribution >= 4 is 0 Å². The summed E-state index contributed by atoms with van der Waals surface area (Å²) in [5.41, 5.74) is 6.60. The summed E-state index contributed by atoms with van der Waals surface area (Å²) in [7, 11) is 0. The summed E-state index contributed by atoms with van der Waals surface area (Å²) < 4.78 is 0. The van der Waals surface area contributed by atoms with E-state index in [-0.39, 0.29) is 0 Å². The van der Waals surface area contributed by atoms with Crippen LogP contribution in [0.1, 0.15) is 6.42 Å². The highest BCUT2D eigenvalue weighted by Crippen LogP contribution is 2.25. The smallest absolute Gasteiger partial charge is 0.0233 e. The minimum Gasteiger partial charge on any atom is -0.120 e. The van der Waals surface area contributed by atoms with Crippen molar-refractivity contribution in [3.63, 3.8) is 0 Å². The molecule has 0 atom stereocenters. The largest absolute Gasteiger partial charge is 0.120 e. The van der Waals surface area contributed by atoms with E-state index >= 15 is 0 Å². The molecule has 2 rings (SSSR count). The SMILES string of the molecule is C=C=C1C=CC=CC2=C1C=CC=CC2. The van der Waals surface area contributed by atoms with E-state index in [1.165, 1.54) is 11.1 Å². The topological polar surface area (TPSA) is 0 Å². The maximum Gasteiger partial charge on any atom is 0.0233 e. The lowest BCUT2D eigenvalue weighted by molar-refractivity contribution is 1.26. The van der Waals surface area contributed by atoms with Gasteiger partial charge in [-0.1, -0.05) is 49.1 Å². The van der Waals surface area contributed by atoms with Crippen molar-refractivity contribution in [3.05, 3.63) is 77.6 Å². The fourth-order valence-corrected chi connectivity index (χ4v) is 1.63. The molecular formula is C14H12. The van der Waals surface area contributed by atoms with E-state index in [0.717, 1.165) is 12.0 Å². The minimum absolute atomic E-state index is 0.978. The molecule has 0 radical (unpaired) electrons. The number of rotatable bonds is 0. The molecular weight excluding hydrogens is 168 g/mol. The van der Waals surface area contributed by atoms with Crippen LogP contribution in [0.3, 0.4) is 0 Å². The molecule has 2 aliphatic carbocycles. The minimum atomic E-state index is 0.978. The molecule has 0 bridgehead atoms. The van der Waals surface area contributed by atoms with E-state index in [9.17, 15) is 0 Å². The molecule has 0 aromatic heterocycles. The Bertz CT molecular complexity index is 431. The van der Waals surface area contributed by atoms with Crippen LogP contribution in [0.2, 0.25) is 0 Å². The number of allylic oxidation sites excluding steroid dienone is 11. The van der Waals surface area contributed by atoms with Crippen molar-refractivity contribution in [3.8, 4) is 0 Å². The first-order chi connectivity index (χ1) is 6.92. The van der Waals surface area contributed by atoms with E-state index < -0.39 is 0 Å². The van der Waals surface area contributed by atoms with Crippen LogP contribution in [-0.4, -0.2) is 0 Å². The van der Waals surface area contributed by atoms with Gasteiger partial charge in [-0.05, 0) is 23.6 Å². The van der Waals surface area contributed by atoms with Crippen LogP contribution in [0.25, 0.3) is 0 Å². The van der Waals surface area contributed by atoms with Crippen molar-refractivity contribution in [2.75, 3.05) is 0 Å². The van der Waals surface area contributed by atoms with Crippen LogP contribution in [0.15, 0.2) is 77.6 Å². The highest BCUT2D eigenvalue weighted by atomic mass is 14.1. The fourth-order valence-electron chi connectivity index (χ4n) is 1.63. The maximum atomic E-state index is 3.72. The van der Waals surface area contributed by atoms with Crippen molar-refractivity contribution in [2.45, 2.75) is 6.42 Å². The summed E-state index contributed by atoms with van der Waals surface area (Å²) in [6.45, 7) is 3.72. The van der Waals surface area contributed by atoms with E-state index in [4.69, 9.17) is 0 Å². The van der Waals surface area contributed by atoms with Crippen LogP contribution in [0.5, 0.6) is 0 Å². The molecule has 0 spiro atoms. The molecule has 0 aliphatic heterocycles. The highest BCUT2D eigenvalue weighted by Gasteiger charge is 2.06. The lowest BCUT2D eigenvalue weighted by Gasteiger charge is -2.04. The van der Waals surface area contributed by atoms with E-state index in [1.807, 2.05) is 12.2 Å². The fraction of sp³-hybridized carbons (Fsp3) is 0.0714. The van der Waals surface area contributed by atoms with Gasteiger partial charge in [-0.2, -0.15) is 0 Å². The molecule has 0 nitrogen and oxygen atoms in total. The molecule has 14 heavy (non-hydrogen) atoms. The molecule has 2 aliphatic rings. The second kappa shape index (κ2) is 3.95. The van der Waals surface area contributed by atoms with Gasteiger partial charge in [-0.3, -0.25) is 0 Å². The molecule has 0 aromatic rings. The van der Waals surface area contributed by atoms with E-state index in [2.05, 4.69) is 48.8 Å². The third-order valence-corrected chi connectivity index (χ3v) is 2.35. The second-order valence-electron chi connectivity index (χ2n) is 3.24. The molecule has 0 heterocycles. The zero-order chi connectivity index (χ0) is 9.80. The lowest BCUT2D eigenvalue weighted by Crippen LogP contribution is -1.86. The van der Waals surface area contributed by atoms with Crippen LogP contribution < -0.4 is 0 Å². The predicted octanol–water partition coefficient (Wildman–Crippen LogP) is 3.64. The van der Waals surface area contributed by atoms with Gasteiger partial charge < -0.3 is 0 Å². The van der Waals surface area contributed by atoms with Gasteiger partial charge in [0.25, 0.3) is 0 Å². The van der Waals surface area contributed by atoms with Gasteiger partial charge >= 0.3 is 0 Å². The molecule has 68 valence electrons. The van der Waals surface area contributed by atoms with Gasteiger partial charge in [0.05, 0.1) is 0 Å². The van der Waals surface area contributed by atoms with E-state index in [1.54, 1.807) is 0 Å². The molecule has 0 N–H and O–H groups in total. The third kappa shape index (κ3) is 1.61. The Balaban J connectivity index is 2.57. The van der Waals surface area contributed by atoms with Crippen molar-refractivity contribution in [1.29, 1.82) is 0 Å².